The van der Waals surface area contributed by atoms with E-state index in [1.807, 2.05) is 13.8 Å². The molecule has 1 aromatic heterocycles. The van der Waals surface area contributed by atoms with Crippen LogP contribution in [0.5, 0.6) is 0 Å². The van der Waals surface area contributed by atoms with Gasteiger partial charge < -0.3 is 11.1 Å². The molecule has 2 unspecified atom stereocenters. The second kappa shape index (κ2) is 5.41. The third-order valence-electron chi connectivity index (χ3n) is 2.50. The highest BCUT2D eigenvalue weighted by Gasteiger charge is 2.16. The Bertz CT molecular complexity index is 360. The minimum Gasteiger partial charge on any atom is -0.348 e. The second-order valence-corrected chi connectivity index (χ2v) is 5.26. The van der Waals surface area contributed by atoms with Crippen molar-refractivity contribution in [3.8, 4) is 0 Å². The summed E-state index contributed by atoms with van der Waals surface area (Å²) in [6, 6.07) is 0.0297. The van der Waals surface area contributed by atoms with Crippen LogP contribution in [-0.4, -0.2) is 16.9 Å². The molecule has 1 rings (SSSR count). The van der Waals surface area contributed by atoms with E-state index in [0.29, 0.717) is 11.6 Å². The first-order valence-corrected chi connectivity index (χ1v) is 6.31. The fourth-order valence-electron chi connectivity index (χ4n) is 1.05. The highest BCUT2D eigenvalue weighted by atomic mass is 32.1. The van der Waals surface area contributed by atoms with Gasteiger partial charge in [-0.1, -0.05) is 13.8 Å². The van der Waals surface area contributed by atoms with E-state index < -0.39 is 0 Å². The Labute approximate surface area is 100 Å². The van der Waals surface area contributed by atoms with Crippen molar-refractivity contribution in [2.75, 3.05) is 0 Å². The summed E-state index contributed by atoms with van der Waals surface area (Å²) in [5.41, 5.74) is 6.16. The van der Waals surface area contributed by atoms with Crippen molar-refractivity contribution in [3.63, 3.8) is 0 Å². The molecule has 1 aromatic rings. The fourth-order valence-corrected chi connectivity index (χ4v) is 1.81. The van der Waals surface area contributed by atoms with Gasteiger partial charge in [0.15, 0.2) is 0 Å². The van der Waals surface area contributed by atoms with E-state index in [1.165, 1.54) is 11.3 Å². The van der Waals surface area contributed by atoms with E-state index in [-0.39, 0.29) is 18.0 Å². The van der Waals surface area contributed by atoms with Crippen LogP contribution in [0.15, 0.2) is 5.38 Å². The lowest BCUT2D eigenvalue weighted by atomic mass is 10.1. The van der Waals surface area contributed by atoms with Crippen LogP contribution in [0, 0.1) is 5.92 Å². The summed E-state index contributed by atoms with van der Waals surface area (Å²) in [5, 5.41) is 5.46. The molecule has 0 saturated heterocycles. The maximum absolute atomic E-state index is 11.8. The van der Waals surface area contributed by atoms with Gasteiger partial charge in [0.25, 0.3) is 5.91 Å². The van der Waals surface area contributed by atoms with Crippen LogP contribution in [0.3, 0.4) is 0 Å². The number of amides is 1. The number of hydrogen-bond donors (Lipinski definition) is 2. The van der Waals surface area contributed by atoms with Crippen molar-refractivity contribution < 1.29 is 4.79 Å². The van der Waals surface area contributed by atoms with Crippen LogP contribution in [0.4, 0.5) is 0 Å². The molecule has 0 radical (unpaired) electrons. The van der Waals surface area contributed by atoms with Crippen molar-refractivity contribution in [1.82, 2.24) is 10.3 Å². The largest absolute Gasteiger partial charge is 0.348 e. The fraction of sp³-hybridized carbons (Fsp3) is 0.636. The van der Waals surface area contributed by atoms with Gasteiger partial charge in [0.2, 0.25) is 0 Å². The van der Waals surface area contributed by atoms with Crippen LogP contribution < -0.4 is 11.1 Å². The van der Waals surface area contributed by atoms with Gasteiger partial charge in [0.1, 0.15) is 10.7 Å². The number of hydrogen-bond acceptors (Lipinski definition) is 4. The van der Waals surface area contributed by atoms with Crippen LogP contribution >= 0.6 is 11.3 Å². The van der Waals surface area contributed by atoms with E-state index in [0.717, 1.165) is 5.01 Å². The third kappa shape index (κ3) is 3.28. The Kier molecular flexibility index (Phi) is 4.44. The first-order valence-electron chi connectivity index (χ1n) is 5.43. The number of aromatic nitrogens is 1. The Hall–Kier alpha value is -0.940. The molecular formula is C11H19N3OS. The van der Waals surface area contributed by atoms with Crippen LogP contribution in [0.1, 0.15) is 49.2 Å². The molecule has 16 heavy (non-hydrogen) atoms. The van der Waals surface area contributed by atoms with E-state index in [2.05, 4.69) is 24.1 Å². The lowest BCUT2D eigenvalue weighted by molar-refractivity contribution is 0.0926. The number of carbonyl (C=O) groups excluding carboxylic acids is 1. The van der Waals surface area contributed by atoms with Gasteiger partial charge >= 0.3 is 0 Å². The SMILES string of the molecule is CC(N)c1nc(C(=O)NC(C)C(C)C)cs1. The second-order valence-electron chi connectivity index (χ2n) is 4.37. The molecule has 90 valence electrons. The minimum absolute atomic E-state index is 0.117. The molecule has 0 fully saturated rings. The molecule has 1 amide bonds. The molecular weight excluding hydrogens is 222 g/mol. The van der Waals surface area contributed by atoms with Crippen molar-refractivity contribution in [1.29, 1.82) is 0 Å². The summed E-state index contributed by atoms with van der Waals surface area (Å²) in [6.07, 6.45) is 0. The highest BCUT2D eigenvalue weighted by Crippen LogP contribution is 2.16. The Morgan fingerprint density at radius 1 is 1.44 bits per heavy atom. The first-order chi connectivity index (χ1) is 7.41. The summed E-state index contributed by atoms with van der Waals surface area (Å²) >= 11 is 1.42. The van der Waals surface area contributed by atoms with Gasteiger partial charge in [0, 0.05) is 11.4 Å². The predicted molar refractivity (Wildman–Crippen MR) is 66.5 cm³/mol. The number of carbonyl (C=O) groups is 1. The molecule has 0 saturated carbocycles. The normalized spacial score (nSPS) is 14.9. The van der Waals surface area contributed by atoms with Crippen molar-refractivity contribution in [3.05, 3.63) is 16.1 Å². The molecule has 0 aromatic carbocycles. The molecule has 0 aliphatic rings. The third-order valence-corrected chi connectivity index (χ3v) is 3.55. The van der Waals surface area contributed by atoms with Crippen molar-refractivity contribution in [2.24, 2.45) is 11.7 Å². The standard InChI is InChI=1S/C11H19N3OS/c1-6(2)8(4)13-10(15)9-5-16-11(14-9)7(3)12/h5-8H,12H2,1-4H3,(H,13,15). The van der Waals surface area contributed by atoms with Gasteiger partial charge in [-0.3, -0.25) is 4.79 Å². The zero-order valence-electron chi connectivity index (χ0n) is 10.2. The number of nitrogens with one attached hydrogen (secondary N) is 1. The lowest BCUT2D eigenvalue weighted by Crippen LogP contribution is -2.36. The molecule has 0 aliphatic carbocycles. The monoisotopic (exact) mass is 241 g/mol. The molecule has 1 heterocycles. The minimum atomic E-state index is -0.121. The van der Waals surface area contributed by atoms with Crippen LogP contribution in [0.2, 0.25) is 0 Å². The summed E-state index contributed by atoms with van der Waals surface area (Å²) in [7, 11) is 0. The summed E-state index contributed by atoms with van der Waals surface area (Å²) in [6.45, 7) is 7.98. The van der Waals surface area contributed by atoms with Crippen LogP contribution in [0.25, 0.3) is 0 Å². The molecule has 5 heteroatoms. The highest BCUT2D eigenvalue weighted by molar-refractivity contribution is 7.09. The molecule has 3 N–H and O–H groups in total. The average molecular weight is 241 g/mol. The maximum Gasteiger partial charge on any atom is 0.270 e. The Morgan fingerprint density at radius 2 is 2.06 bits per heavy atom. The molecule has 4 nitrogen and oxygen atoms in total. The average Bonchev–Trinajstić information content (AvgIpc) is 2.65. The number of rotatable bonds is 4. The van der Waals surface area contributed by atoms with Crippen molar-refractivity contribution in [2.45, 2.75) is 39.8 Å². The number of thiazole rings is 1. The van der Waals surface area contributed by atoms with Gasteiger partial charge in [-0.2, -0.15) is 0 Å². The van der Waals surface area contributed by atoms with Gasteiger partial charge in [-0.05, 0) is 19.8 Å². The maximum atomic E-state index is 11.8. The van der Waals surface area contributed by atoms with Gasteiger partial charge in [-0.15, -0.1) is 11.3 Å². The first kappa shape index (κ1) is 13.1. The van der Waals surface area contributed by atoms with E-state index >= 15 is 0 Å². The molecule has 0 spiro atoms. The van der Waals surface area contributed by atoms with E-state index in [4.69, 9.17) is 5.73 Å². The zero-order valence-corrected chi connectivity index (χ0v) is 11.0. The lowest BCUT2D eigenvalue weighted by Gasteiger charge is -2.16. The smallest absolute Gasteiger partial charge is 0.270 e. The Morgan fingerprint density at radius 3 is 2.50 bits per heavy atom. The predicted octanol–water partition coefficient (Wildman–Crippen LogP) is 1.94. The van der Waals surface area contributed by atoms with E-state index in [1.54, 1.807) is 5.38 Å². The topological polar surface area (TPSA) is 68.0 Å². The summed E-state index contributed by atoms with van der Waals surface area (Å²) in [5.74, 6) is 0.292. The molecule has 2 atom stereocenters. The zero-order chi connectivity index (χ0) is 12.3. The van der Waals surface area contributed by atoms with E-state index in [9.17, 15) is 4.79 Å². The Balaban J connectivity index is 2.66. The number of nitrogens with zero attached hydrogens (tertiary/aromatic N) is 1. The summed E-state index contributed by atoms with van der Waals surface area (Å²) in [4.78, 5) is 16.0. The molecule has 0 aliphatic heterocycles. The van der Waals surface area contributed by atoms with Crippen molar-refractivity contribution >= 4 is 17.2 Å². The van der Waals surface area contributed by atoms with Crippen LogP contribution in [-0.2, 0) is 0 Å². The quantitative estimate of drug-likeness (QED) is 0.846. The summed E-state index contributed by atoms with van der Waals surface area (Å²) < 4.78 is 0. The van der Waals surface area contributed by atoms with Gasteiger partial charge in [-0.25, -0.2) is 4.98 Å². The van der Waals surface area contributed by atoms with Gasteiger partial charge in [0.05, 0.1) is 6.04 Å². The molecule has 0 bridgehead atoms. The number of nitrogens with two attached hydrogens (primary N) is 1.